The highest BCUT2D eigenvalue weighted by Crippen LogP contribution is 2.34. The van der Waals surface area contributed by atoms with Crippen LogP contribution in [0.25, 0.3) is 0 Å². The molecule has 18 heavy (non-hydrogen) atoms. The summed E-state index contributed by atoms with van der Waals surface area (Å²) in [6.45, 7) is -0.641. The molecule has 0 atom stereocenters. The molecule has 1 aromatic rings. The molecule has 0 aliphatic heterocycles. The quantitative estimate of drug-likeness (QED) is 0.687. The smallest absolute Gasteiger partial charge is 0.326 e. The van der Waals surface area contributed by atoms with E-state index >= 15 is 0 Å². The Labute approximate surface area is 103 Å². The van der Waals surface area contributed by atoms with Crippen molar-refractivity contribution in [3.63, 3.8) is 0 Å². The minimum atomic E-state index is -4.91. The Balaban J connectivity index is 3.57. The van der Waals surface area contributed by atoms with Crippen molar-refractivity contribution in [2.45, 2.75) is 19.1 Å². The predicted octanol–water partition coefficient (Wildman–Crippen LogP) is 2.88. The van der Waals surface area contributed by atoms with Crippen LogP contribution >= 0.6 is 11.6 Å². The van der Waals surface area contributed by atoms with Crippen molar-refractivity contribution in [3.05, 3.63) is 28.6 Å². The normalized spacial score (nSPS) is 12.0. The number of rotatable bonds is 3. The van der Waals surface area contributed by atoms with E-state index in [2.05, 4.69) is 4.98 Å². The van der Waals surface area contributed by atoms with Gasteiger partial charge in [-0.25, -0.2) is 13.8 Å². The molecule has 0 aliphatic rings. The van der Waals surface area contributed by atoms with Gasteiger partial charge in [0.1, 0.15) is 11.4 Å². The van der Waals surface area contributed by atoms with E-state index in [1.54, 1.807) is 0 Å². The van der Waals surface area contributed by atoms with Crippen LogP contribution in [0.3, 0.4) is 0 Å². The molecule has 0 unspecified atom stereocenters. The van der Waals surface area contributed by atoms with Gasteiger partial charge in [-0.1, -0.05) is 0 Å². The van der Waals surface area contributed by atoms with Gasteiger partial charge in [0.15, 0.2) is 0 Å². The summed E-state index contributed by atoms with van der Waals surface area (Å²) in [5.74, 6) is 0. The van der Waals surface area contributed by atoms with Crippen LogP contribution in [0.1, 0.15) is 33.7 Å². The van der Waals surface area contributed by atoms with Crippen LogP contribution in [0.5, 0.6) is 0 Å². The van der Waals surface area contributed by atoms with Crippen molar-refractivity contribution in [3.8, 4) is 0 Å². The number of nitrogens with two attached hydrogens (primary N) is 1. The van der Waals surface area contributed by atoms with Gasteiger partial charge in [-0.2, -0.15) is 13.2 Å². The molecule has 2 N–H and O–H groups in total. The summed E-state index contributed by atoms with van der Waals surface area (Å²) in [7, 11) is 0. The molecule has 1 rings (SSSR count). The molecule has 0 radical (unpaired) electrons. The van der Waals surface area contributed by atoms with E-state index in [1.807, 2.05) is 0 Å². The van der Waals surface area contributed by atoms with Gasteiger partial charge in [-0.05, 0) is 23.2 Å². The van der Waals surface area contributed by atoms with Crippen molar-refractivity contribution in [1.82, 2.24) is 4.98 Å². The Morgan fingerprint density at radius 1 is 1.44 bits per heavy atom. The van der Waals surface area contributed by atoms with Gasteiger partial charge in [0.25, 0.3) is 11.7 Å². The number of hydrogen-bond acceptors (Lipinski definition) is 3. The van der Waals surface area contributed by atoms with Crippen LogP contribution in [0.2, 0.25) is 0 Å². The molecule has 0 saturated heterocycles. The van der Waals surface area contributed by atoms with Gasteiger partial charge in [-0.15, -0.1) is 0 Å². The minimum Gasteiger partial charge on any atom is -0.326 e. The zero-order valence-electron chi connectivity index (χ0n) is 8.56. The van der Waals surface area contributed by atoms with E-state index in [4.69, 9.17) is 17.3 Å². The van der Waals surface area contributed by atoms with Crippen LogP contribution in [-0.2, 0) is 12.7 Å². The highest BCUT2D eigenvalue weighted by atomic mass is 35.5. The lowest BCUT2D eigenvalue weighted by atomic mass is 10.1. The second-order valence-corrected chi connectivity index (χ2v) is 3.55. The van der Waals surface area contributed by atoms with Gasteiger partial charge < -0.3 is 5.73 Å². The van der Waals surface area contributed by atoms with E-state index in [9.17, 15) is 26.7 Å². The first-order chi connectivity index (χ1) is 8.18. The Bertz CT molecular complexity index is 475. The number of hydrogen-bond donors (Lipinski definition) is 1. The Hall–Kier alpha value is -1.28. The van der Waals surface area contributed by atoms with Gasteiger partial charge >= 0.3 is 6.18 Å². The maximum absolute atomic E-state index is 12.6. The maximum Gasteiger partial charge on any atom is 0.433 e. The molecule has 0 bridgehead atoms. The third-order valence-corrected chi connectivity index (χ3v) is 2.22. The summed E-state index contributed by atoms with van der Waals surface area (Å²) in [5, 5.41) is -1.49. The first-order valence-corrected chi connectivity index (χ1v) is 4.85. The number of aromatic nitrogens is 1. The molecule has 9 heteroatoms. The number of halogens is 6. The SMILES string of the molecule is NCc1cc(C(F)F)c(C(=O)Cl)nc1C(F)(F)F. The minimum absolute atomic E-state index is 0.496. The van der Waals surface area contributed by atoms with E-state index in [0.717, 1.165) is 0 Å². The zero-order valence-corrected chi connectivity index (χ0v) is 9.32. The van der Waals surface area contributed by atoms with Gasteiger partial charge in [-0.3, -0.25) is 4.79 Å². The van der Waals surface area contributed by atoms with E-state index < -0.39 is 46.9 Å². The molecule has 1 aromatic heterocycles. The fraction of sp³-hybridized carbons (Fsp3) is 0.333. The van der Waals surface area contributed by atoms with Crippen LogP contribution < -0.4 is 5.73 Å². The van der Waals surface area contributed by atoms with Crippen molar-refractivity contribution in [1.29, 1.82) is 0 Å². The zero-order chi connectivity index (χ0) is 14.1. The summed E-state index contributed by atoms with van der Waals surface area (Å²) >= 11 is 4.94. The highest BCUT2D eigenvalue weighted by molar-refractivity contribution is 6.67. The number of nitrogens with zero attached hydrogens (tertiary/aromatic N) is 1. The fourth-order valence-electron chi connectivity index (χ4n) is 1.30. The second-order valence-electron chi connectivity index (χ2n) is 3.21. The number of pyridine rings is 1. The van der Waals surface area contributed by atoms with Crippen LogP contribution in [0.15, 0.2) is 6.07 Å². The lowest BCUT2D eigenvalue weighted by molar-refractivity contribution is -0.141. The fourth-order valence-corrected chi connectivity index (χ4v) is 1.45. The predicted molar refractivity (Wildman–Crippen MR) is 52.3 cm³/mol. The third-order valence-electron chi connectivity index (χ3n) is 2.04. The first kappa shape index (κ1) is 14.8. The van der Waals surface area contributed by atoms with Crippen LogP contribution in [-0.4, -0.2) is 10.2 Å². The lowest BCUT2D eigenvalue weighted by Crippen LogP contribution is -2.18. The molecule has 3 nitrogen and oxygen atoms in total. The highest BCUT2D eigenvalue weighted by Gasteiger charge is 2.37. The van der Waals surface area contributed by atoms with Crippen LogP contribution in [0, 0.1) is 0 Å². The summed E-state index contributed by atoms with van der Waals surface area (Å²) < 4.78 is 62.8. The van der Waals surface area contributed by atoms with Crippen molar-refractivity contribution < 1.29 is 26.7 Å². The summed E-state index contributed by atoms with van der Waals surface area (Å²) in [5.41, 5.74) is 0.843. The topological polar surface area (TPSA) is 56.0 Å². The van der Waals surface area contributed by atoms with Crippen molar-refractivity contribution >= 4 is 16.8 Å². The monoisotopic (exact) mass is 288 g/mol. The molecule has 0 aliphatic carbocycles. The Morgan fingerprint density at radius 2 is 2.00 bits per heavy atom. The molecule has 1 heterocycles. The van der Waals surface area contributed by atoms with Gasteiger partial charge in [0.05, 0.1) is 0 Å². The Morgan fingerprint density at radius 3 is 2.33 bits per heavy atom. The molecular weight excluding hydrogens is 283 g/mol. The molecule has 0 saturated carbocycles. The average molecular weight is 289 g/mol. The Kier molecular flexibility index (Phi) is 4.23. The van der Waals surface area contributed by atoms with Gasteiger partial charge in [0.2, 0.25) is 0 Å². The number of carbonyl (C=O) groups is 1. The third kappa shape index (κ3) is 2.94. The lowest BCUT2D eigenvalue weighted by Gasteiger charge is -2.14. The molecular formula is C9H6ClF5N2O. The number of carbonyl (C=O) groups excluding carboxylic acids is 1. The second kappa shape index (κ2) is 5.15. The van der Waals surface area contributed by atoms with Crippen molar-refractivity contribution in [2.24, 2.45) is 5.73 Å². The largest absolute Gasteiger partial charge is 0.433 e. The molecule has 0 spiro atoms. The summed E-state index contributed by atoms with van der Waals surface area (Å²) in [4.78, 5) is 13.7. The molecule has 100 valence electrons. The number of alkyl halides is 5. The molecule has 0 amide bonds. The maximum atomic E-state index is 12.6. The van der Waals surface area contributed by atoms with E-state index in [0.29, 0.717) is 6.07 Å². The summed E-state index contributed by atoms with van der Waals surface area (Å²) in [6, 6.07) is 0.496. The van der Waals surface area contributed by atoms with Gasteiger partial charge in [0, 0.05) is 12.1 Å². The van der Waals surface area contributed by atoms with E-state index in [1.165, 1.54) is 0 Å². The standard InChI is InChI=1S/C9H6ClF5N2O/c10-7(18)5-4(8(11)12)1-3(2-16)6(17-5)9(13,14)15/h1,8H,2,16H2. The van der Waals surface area contributed by atoms with Crippen LogP contribution in [0.4, 0.5) is 22.0 Å². The molecule has 0 aromatic carbocycles. The van der Waals surface area contributed by atoms with E-state index in [-0.39, 0.29) is 0 Å². The average Bonchev–Trinajstić information content (AvgIpc) is 2.25. The summed E-state index contributed by atoms with van der Waals surface area (Å²) in [6.07, 6.45) is -8.08. The first-order valence-electron chi connectivity index (χ1n) is 4.47. The van der Waals surface area contributed by atoms with Crippen molar-refractivity contribution in [2.75, 3.05) is 0 Å². The molecule has 0 fully saturated rings.